The van der Waals surface area contributed by atoms with Gasteiger partial charge in [-0.1, -0.05) is 48.9 Å². The van der Waals surface area contributed by atoms with Crippen LogP contribution in [0, 0.1) is 5.82 Å². The second kappa shape index (κ2) is 10.0. The van der Waals surface area contributed by atoms with Gasteiger partial charge in [-0.2, -0.15) is 5.10 Å². The van der Waals surface area contributed by atoms with Crippen molar-refractivity contribution in [2.45, 2.75) is 44.7 Å². The molecular weight excluding hydrogens is 409 g/mol. The highest BCUT2D eigenvalue weighted by Crippen LogP contribution is 2.33. The molecule has 1 saturated heterocycles. The number of esters is 1. The van der Waals surface area contributed by atoms with Gasteiger partial charge in [0.15, 0.2) is 0 Å². The lowest BCUT2D eigenvalue weighted by molar-refractivity contribution is -0.152. The number of nitrogens with zero attached hydrogens (tertiary/aromatic N) is 3. The van der Waals surface area contributed by atoms with Gasteiger partial charge in [0, 0.05) is 6.42 Å². The van der Waals surface area contributed by atoms with Gasteiger partial charge in [0.2, 0.25) is 0 Å². The Morgan fingerprint density at radius 2 is 1.84 bits per heavy atom. The van der Waals surface area contributed by atoms with E-state index < -0.39 is 6.04 Å². The summed E-state index contributed by atoms with van der Waals surface area (Å²) in [7, 11) is 0. The molecule has 0 aliphatic carbocycles. The van der Waals surface area contributed by atoms with Gasteiger partial charge >= 0.3 is 5.97 Å². The number of hydrogen-bond acceptors (Lipinski definition) is 5. The summed E-state index contributed by atoms with van der Waals surface area (Å²) in [6.07, 6.45) is 3.10. The van der Waals surface area contributed by atoms with E-state index in [0.29, 0.717) is 26.0 Å². The van der Waals surface area contributed by atoms with Crippen LogP contribution >= 0.6 is 0 Å². The highest BCUT2D eigenvalue weighted by molar-refractivity contribution is 6.03. The minimum atomic E-state index is -0.405. The Morgan fingerprint density at radius 3 is 2.56 bits per heavy atom. The Morgan fingerprint density at radius 1 is 1.09 bits per heavy atom. The SMILES string of the molecule is CCOC(=O)[C@H]1CCCCN1CC(=O)N1N=C(c2ccccc2)C[C@@H]1c1ccc(F)cc1. The molecule has 0 saturated carbocycles. The number of carbonyl (C=O) groups is 2. The van der Waals surface area contributed by atoms with E-state index in [1.807, 2.05) is 35.2 Å². The molecule has 0 radical (unpaired) electrons. The summed E-state index contributed by atoms with van der Waals surface area (Å²) in [6.45, 7) is 2.86. The zero-order valence-corrected chi connectivity index (χ0v) is 18.2. The Balaban J connectivity index is 1.58. The van der Waals surface area contributed by atoms with Crippen LogP contribution in [0.4, 0.5) is 4.39 Å². The zero-order chi connectivity index (χ0) is 22.5. The van der Waals surface area contributed by atoms with E-state index in [4.69, 9.17) is 4.74 Å². The molecule has 4 rings (SSSR count). The number of rotatable bonds is 6. The van der Waals surface area contributed by atoms with Gasteiger partial charge in [0.1, 0.15) is 11.9 Å². The fraction of sp³-hybridized carbons (Fsp3) is 0.400. The highest BCUT2D eigenvalue weighted by Gasteiger charge is 2.37. The van der Waals surface area contributed by atoms with E-state index in [9.17, 15) is 14.0 Å². The lowest BCUT2D eigenvalue weighted by Gasteiger charge is -2.34. The first-order chi connectivity index (χ1) is 15.6. The Kier molecular flexibility index (Phi) is 6.95. The first-order valence-electron chi connectivity index (χ1n) is 11.2. The number of hydrogen-bond donors (Lipinski definition) is 0. The van der Waals surface area contributed by atoms with Crippen molar-refractivity contribution in [3.05, 3.63) is 71.5 Å². The summed E-state index contributed by atoms with van der Waals surface area (Å²) < 4.78 is 18.7. The normalized spacial score (nSPS) is 21.3. The largest absolute Gasteiger partial charge is 0.465 e. The molecule has 7 heteroatoms. The van der Waals surface area contributed by atoms with E-state index in [2.05, 4.69) is 5.10 Å². The fourth-order valence-corrected chi connectivity index (χ4v) is 4.42. The molecule has 0 unspecified atom stereocenters. The fourth-order valence-electron chi connectivity index (χ4n) is 4.42. The summed E-state index contributed by atoms with van der Waals surface area (Å²) in [4.78, 5) is 27.7. The van der Waals surface area contributed by atoms with Gasteiger partial charge in [-0.3, -0.25) is 14.5 Å². The minimum Gasteiger partial charge on any atom is -0.465 e. The number of likely N-dealkylation sites (tertiary alicyclic amines) is 1. The van der Waals surface area contributed by atoms with Crippen molar-refractivity contribution in [2.24, 2.45) is 5.10 Å². The second-order valence-corrected chi connectivity index (χ2v) is 8.16. The Bertz CT molecular complexity index is 978. The van der Waals surface area contributed by atoms with Crippen molar-refractivity contribution in [3.8, 4) is 0 Å². The van der Waals surface area contributed by atoms with Crippen LogP contribution < -0.4 is 0 Å². The van der Waals surface area contributed by atoms with Crippen molar-refractivity contribution in [1.82, 2.24) is 9.91 Å². The van der Waals surface area contributed by atoms with E-state index in [1.54, 1.807) is 19.1 Å². The number of ether oxygens (including phenoxy) is 1. The number of carbonyl (C=O) groups excluding carboxylic acids is 2. The van der Waals surface area contributed by atoms with Gasteiger partial charge in [0.05, 0.1) is 24.9 Å². The maximum atomic E-state index is 13.5. The molecule has 0 spiro atoms. The third-order valence-electron chi connectivity index (χ3n) is 6.04. The minimum absolute atomic E-state index is 0.0900. The molecule has 0 bridgehead atoms. The van der Waals surface area contributed by atoms with Crippen LogP contribution in [0.1, 0.15) is 49.8 Å². The van der Waals surface area contributed by atoms with Crippen molar-refractivity contribution >= 4 is 17.6 Å². The van der Waals surface area contributed by atoms with Crippen LogP contribution in [0.2, 0.25) is 0 Å². The predicted molar refractivity (Wildman–Crippen MR) is 119 cm³/mol. The molecule has 168 valence electrons. The lowest BCUT2D eigenvalue weighted by atomic mass is 9.98. The van der Waals surface area contributed by atoms with Gasteiger partial charge in [-0.25, -0.2) is 9.40 Å². The van der Waals surface area contributed by atoms with E-state index >= 15 is 0 Å². The van der Waals surface area contributed by atoms with Crippen molar-refractivity contribution < 1.29 is 18.7 Å². The third-order valence-corrected chi connectivity index (χ3v) is 6.04. The van der Waals surface area contributed by atoms with Crippen molar-refractivity contribution in [1.29, 1.82) is 0 Å². The summed E-state index contributed by atoms with van der Waals surface area (Å²) in [5.74, 6) is -0.772. The predicted octanol–water partition coefficient (Wildman–Crippen LogP) is 3.92. The zero-order valence-electron chi connectivity index (χ0n) is 18.2. The second-order valence-electron chi connectivity index (χ2n) is 8.16. The standard InChI is InChI=1S/C25H28FN3O3/c1-2-32-25(31)22-10-6-7-15-28(22)17-24(30)29-23(19-11-13-20(26)14-12-19)16-21(27-29)18-8-4-3-5-9-18/h3-5,8-9,11-14,22-23H,2,6-7,10,15-17H2,1H3/t22-,23-/m1/s1. The van der Waals surface area contributed by atoms with Crippen LogP contribution in [0.25, 0.3) is 0 Å². The monoisotopic (exact) mass is 437 g/mol. The number of hydrazone groups is 1. The molecule has 2 aromatic carbocycles. The van der Waals surface area contributed by atoms with Gasteiger partial charge < -0.3 is 4.74 Å². The number of piperidine rings is 1. The molecule has 0 N–H and O–H groups in total. The van der Waals surface area contributed by atoms with Crippen molar-refractivity contribution in [2.75, 3.05) is 19.7 Å². The van der Waals surface area contributed by atoms with Crippen LogP contribution in [0.5, 0.6) is 0 Å². The van der Waals surface area contributed by atoms with Crippen LogP contribution in [-0.2, 0) is 14.3 Å². The average Bonchev–Trinajstić information content (AvgIpc) is 3.26. The molecule has 2 heterocycles. The molecule has 2 atom stereocenters. The summed E-state index contributed by atoms with van der Waals surface area (Å²) in [5.41, 5.74) is 2.60. The number of halogens is 1. The Hall–Kier alpha value is -3.06. The first kappa shape index (κ1) is 22.1. The molecule has 2 aliphatic rings. The molecule has 1 fully saturated rings. The molecular formula is C25H28FN3O3. The van der Waals surface area contributed by atoms with E-state index in [1.165, 1.54) is 17.1 Å². The lowest BCUT2D eigenvalue weighted by Crippen LogP contribution is -2.49. The maximum absolute atomic E-state index is 13.5. The van der Waals surface area contributed by atoms with E-state index in [-0.39, 0.29) is 30.3 Å². The molecule has 2 aliphatic heterocycles. The highest BCUT2D eigenvalue weighted by atomic mass is 19.1. The van der Waals surface area contributed by atoms with Crippen molar-refractivity contribution in [3.63, 3.8) is 0 Å². The Labute approximate surface area is 187 Å². The smallest absolute Gasteiger partial charge is 0.323 e. The average molecular weight is 438 g/mol. The quantitative estimate of drug-likeness (QED) is 0.643. The number of amides is 1. The summed E-state index contributed by atoms with van der Waals surface area (Å²) in [6, 6.07) is 15.2. The molecule has 1 amide bonds. The van der Waals surface area contributed by atoms with E-state index in [0.717, 1.165) is 29.7 Å². The van der Waals surface area contributed by atoms with Crippen LogP contribution in [0.3, 0.4) is 0 Å². The van der Waals surface area contributed by atoms with Gasteiger partial charge in [-0.05, 0) is 49.6 Å². The van der Waals surface area contributed by atoms with Crippen LogP contribution in [0.15, 0.2) is 59.7 Å². The number of benzene rings is 2. The molecule has 2 aromatic rings. The summed E-state index contributed by atoms with van der Waals surface area (Å²) in [5, 5.41) is 6.18. The van der Waals surface area contributed by atoms with Crippen LogP contribution in [-0.4, -0.2) is 53.2 Å². The van der Waals surface area contributed by atoms with Gasteiger partial charge in [0.25, 0.3) is 5.91 Å². The summed E-state index contributed by atoms with van der Waals surface area (Å²) >= 11 is 0. The molecule has 0 aromatic heterocycles. The third kappa shape index (κ3) is 4.88. The first-order valence-corrected chi connectivity index (χ1v) is 11.2. The molecule has 6 nitrogen and oxygen atoms in total. The topological polar surface area (TPSA) is 62.2 Å². The maximum Gasteiger partial charge on any atom is 0.323 e. The molecule has 32 heavy (non-hydrogen) atoms. The van der Waals surface area contributed by atoms with Gasteiger partial charge in [-0.15, -0.1) is 0 Å².